The standard InChI is InChI=1S/C15H15NO3/c1-15(2,11-6-5-9-16(19)10-11)14(18)12-7-3-4-8-13(12)17/h3-10,17H,1-2H3. The van der Waals surface area contributed by atoms with Crippen molar-refractivity contribution in [2.75, 3.05) is 0 Å². The first-order valence-electron chi connectivity index (χ1n) is 5.95. The van der Waals surface area contributed by atoms with Crippen LogP contribution in [0.4, 0.5) is 0 Å². The van der Waals surface area contributed by atoms with Crippen LogP contribution >= 0.6 is 0 Å². The quantitative estimate of drug-likeness (QED) is 0.520. The summed E-state index contributed by atoms with van der Waals surface area (Å²) in [5.74, 6) is -0.275. The molecule has 0 aliphatic rings. The summed E-state index contributed by atoms with van der Waals surface area (Å²) in [6, 6.07) is 9.74. The molecule has 2 aromatic rings. The van der Waals surface area contributed by atoms with Crippen molar-refractivity contribution in [1.82, 2.24) is 0 Å². The number of ketones is 1. The largest absolute Gasteiger partial charge is 0.619 e. The number of rotatable bonds is 3. The third kappa shape index (κ3) is 2.42. The van der Waals surface area contributed by atoms with Crippen molar-refractivity contribution in [2.24, 2.45) is 0 Å². The molecule has 98 valence electrons. The first-order valence-corrected chi connectivity index (χ1v) is 5.95. The molecule has 0 aliphatic carbocycles. The fourth-order valence-corrected chi connectivity index (χ4v) is 1.96. The number of benzene rings is 1. The van der Waals surface area contributed by atoms with E-state index in [4.69, 9.17) is 0 Å². The van der Waals surface area contributed by atoms with E-state index in [1.807, 2.05) is 0 Å². The van der Waals surface area contributed by atoms with Gasteiger partial charge in [-0.15, -0.1) is 0 Å². The molecule has 0 saturated carbocycles. The van der Waals surface area contributed by atoms with E-state index in [9.17, 15) is 15.1 Å². The molecule has 0 atom stereocenters. The van der Waals surface area contributed by atoms with Gasteiger partial charge in [-0.25, -0.2) is 0 Å². The Morgan fingerprint density at radius 3 is 2.53 bits per heavy atom. The Morgan fingerprint density at radius 2 is 1.89 bits per heavy atom. The van der Waals surface area contributed by atoms with E-state index < -0.39 is 5.41 Å². The Kier molecular flexibility index (Phi) is 3.25. The van der Waals surface area contributed by atoms with Crippen molar-refractivity contribution in [1.29, 1.82) is 0 Å². The molecule has 1 heterocycles. The smallest absolute Gasteiger partial charge is 0.184 e. The molecule has 4 heteroatoms. The molecule has 0 amide bonds. The monoisotopic (exact) mass is 257 g/mol. The van der Waals surface area contributed by atoms with Gasteiger partial charge in [-0.2, -0.15) is 4.73 Å². The Morgan fingerprint density at radius 1 is 1.21 bits per heavy atom. The first-order chi connectivity index (χ1) is 8.93. The Bertz CT molecular complexity index is 620. The highest BCUT2D eigenvalue weighted by Crippen LogP contribution is 2.30. The van der Waals surface area contributed by atoms with E-state index in [1.165, 1.54) is 18.5 Å². The number of hydrogen-bond acceptors (Lipinski definition) is 3. The van der Waals surface area contributed by atoms with Gasteiger partial charge >= 0.3 is 0 Å². The molecule has 0 spiro atoms. The minimum Gasteiger partial charge on any atom is -0.619 e. The fraction of sp³-hybridized carbons (Fsp3) is 0.200. The number of Topliss-reactive ketones (excluding diaryl/α,β-unsaturated/α-hetero) is 1. The topological polar surface area (TPSA) is 64.2 Å². The molecule has 0 fully saturated rings. The van der Waals surface area contributed by atoms with Crippen LogP contribution in [-0.2, 0) is 5.41 Å². The molecule has 1 aromatic heterocycles. The zero-order chi connectivity index (χ0) is 14.0. The lowest BCUT2D eigenvalue weighted by Gasteiger charge is -2.23. The minimum absolute atomic E-state index is 0.0495. The molecule has 19 heavy (non-hydrogen) atoms. The third-order valence-corrected chi connectivity index (χ3v) is 3.21. The number of para-hydroxylation sites is 1. The summed E-state index contributed by atoms with van der Waals surface area (Å²) >= 11 is 0. The summed E-state index contributed by atoms with van der Waals surface area (Å²) in [7, 11) is 0. The number of aromatic nitrogens is 1. The van der Waals surface area contributed by atoms with Gasteiger partial charge < -0.3 is 10.3 Å². The van der Waals surface area contributed by atoms with E-state index >= 15 is 0 Å². The van der Waals surface area contributed by atoms with Gasteiger partial charge in [0.2, 0.25) is 0 Å². The zero-order valence-corrected chi connectivity index (χ0v) is 10.8. The van der Waals surface area contributed by atoms with Crippen LogP contribution in [0.3, 0.4) is 0 Å². The number of phenolic OH excluding ortho intramolecular Hbond substituents is 1. The summed E-state index contributed by atoms with van der Waals surface area (Å²) in [6.45, 7) is 3.47. The molecule has 1 N–H and O–H groups in total. The van der Waals surface area contributed by atoms with Gasteiger partial charge in [0.1, 0.15) is 5.75 Å². The van der Waals surface area contributed by atoms with Gasteiger partial charge in [0.25, 0.3) is 0 Å². The summed E-state index contributed by atoms with van der Waals surface area (Å²) in [6.07, 6.45) is 2.74. The number of aromatic hydroxyl groups is 1. The van der Waals surface area contributed by atoms with Crippen LogP contribution in [0.2, 0.25) is 0 Å². The van der Waals surface area contributed by atoms with Crippen molar-refractivity contribution in [3.63, 3.8) is 0 Å². The van der Waals surface area contributed by atoms with Crippen LogP contribution in [0, 0.1) is 5.21 Å². The lowest BCUT2D eigenvalue weighted by molar-refractivity contribution is -0.606. The Labute approximate surface area is 111 Å². The van der Waals surface area contributed by atoms with E-state index in [2.05, 4.69) is 0 Å². The molecular weight excluding hydrogens is 242 g/mol. The highest BCUT2D eigenvalue weighted by Gasteiger charge is 2.33. The van der Waals surface area contributed by atoms with Crippen LogP contribution in [0.5, 0.6) is 5.75 Å². The van der Waals surface area contributed by atoms with Crippen LogP contribution in [-0.4, -0.2) is 10.9 Å². The molecule has 0 saturated heterocycles. The summed E-state index contributed by atoms with van der Waals surface area (Å²) in [5, 5.41) is 21.1. The average Bonchev–Trinajstić information content (AvgIpc) is 2.38. The second-order valence-corrected chi connectivity index (χ2v) is 4.92. The van der Waals surface area contributed by atoms with Crippen LogP contribution < -0.4 is 4.73 Å². The fourth-order valence-electron chi connectivity index (χ4n) is 1.96. The summed E-state index contributed by atoms with van der Waals surface area (Å²) in [5.41, 5.74) is -0.0150. The predicted molar refractivity (Wildman–Crippen MR) is 70.9 cm³/mol. The zero-order valence-electron chi connectivity index (χ0n) is 10.8. The van der Waals surface area contributed by atoms with E-state index in [-0.39, 0.29) is 17.1 Å². The number of phenols is 1. The van der Waals surface area contributed by atoms with Crippen LogP contribution in [0.1, 0.15) is 29.8 Å². The molecule has 1 aromatic carbocycles. The van der Waals surface area contributed by atoms with E-state index in [0.29, 0.717) is 10.3 Å². The van der Waals surface area contributed by atoms with Gasteiger partial charge in [-0.3, -0.25) is 4.79 Å². The van der Waals surface area contributed by atoms with Crippen molar-refractivity contribution >= 4 is 5.78 Å². The van der Waals surface area contributed by atoms with Gasteiger partial charge in [0, 0.05) is 11.6 Å². The molecule has 0 radical (unpaired) electrons. The lowest BCUT2D eigenvalue weighted by atomic mass is 9.78. The minimum atomic E-state index is -0.883. The number of pyridine rings is 1. The maximum atomic E-state index is 12.5. The molecule has 0 aliphatic heterocycles. The van der Waals surface area contributed by atoms with Crippen molar-refractivity contribution in [2.45, 2.75) is 19.3 Å². The maximum absolute atomic E-state index is 12.5. The SMILES string of the molecule is CC(C)(C(=O)c1ccccc1O)c1ccc[n+]([O-])c1. The number of carbonyl (C=O) groups is 1. The molecular formula is C15H15NO3. The van der Waals surface area contributed by atoms with Crippen molar-refractivity contribution in [3.05, 3.63) is 65.1 Å². The normalized spacial score (nSPS) is 11.3. The van der Waals surface area contributed by atoms with Crippen LogP contribution in [0.15, 0.2) is 48.8 Å². The number of hydrogen-bond donors (Lipinski definition) is 1. The van der Waals surface area contributed by atoms with E-state index in [0.717, 1.165) is 0 Å². The van der Waals surface area contributed by atoms with Crippen molar-refractivity contribution < 1.29 is 14.6 Å². The second kappa shape index (κ2) is 4.72. The first kappa shape index (κ1) is 13.1. The number of nitrogens with zero attached hydrogens (tertiary/aromatic N) is 1. The maximum Gasteiger partial charge on any atom is 0.184 e. The van der Waals surface area contributed by atoms with Crippen LogP contribution in [0.25, 0.3) is 0 Å². The molecule has 2 rings (SSSR count). The lowest BCUT2D eigenvalue weighted by Crippen LogP contribution is -2.34. The highest BCUT2D eigenvalue weighted by molar-refractivity contribution is 6.05. The number of carbonyl (C=O) groups excluding carboxylic acids is 1. The van der Waals surface area contributed by atoms with Gasteiger partial charge in [0.05, 0.1) is 11.0 Å². The second-order valence-electron chi connectivity index (χ2n) is 4.92. The molecule has 0 unspecified atom stereocenters. The van der Waals surface area contributed by atoms with Gasteiger partial charge in [-0.1, -0.05) is 12.1 Å². The van der Waals surface area contributed by atoms with E-state index in [1.54, 1.807) is 44.2 Å². The molecule has 0 bridgehead atoms. The van der Waals surface area contributed by atoms with Gasteiger partial charge in [-0.05, 0) is 32.0 Å². The van der Waals surface area contributed by atoms with Gasteiger partial charge in [0.15, 0.2) is 18.2 Å². The summed E-state index contributed by atoms with van der Waals surface area (Å²) in [4.78, 5) is 12.5. The van der Waals surface area contributed by atoms with Crippen molar-refractivity contribution in [3.8, 4) is 5.75 Å². The highest BCUT2D eigenvalue weighted by atomic mass is 16.5. The summed E-state index contributed by atoms with van der Waals surface area (Å²) < 4.78 is 0.662. The third-order valence-electron chi connectivity index (χ3n) is 3.21. The Hall–Kier alpha value is -2.36. The molecule has 4 nitrogen and oxygen atoms in total. The average molecular weight is 257 g/mol. The Balaban J connectivity index is 2.45. The predicted octanol–water partition coefficient (Wildman–Crippen LogP) is 2.19.